The number of hydrogen-bond donors (Lipinski definition) is 2. The molecule has 1 fully saturated rings. The maximum atomic E-state index is 12.3. The first-order chi connectivity index (χ1) is 8.01. The SMILES string of the molecule is Nc1ccc(S(=O)(=O)N2CCCCC2)cc1S. The molecule has 0 atom stereocenters. The molecule has 0 aromatic heterocycles. The Labute approximate surface area is 107 Å². The first-order valence-electron chi connectivity index (χ1n) is 5.60. The molecule has 94 valence electrons. The van der Waals surface area contributed by atoms with E-state index in [0.29, 0.717) is 23.7 Å². The minimum absolute atomic E-state index is 0.276. The Morgan fingerprint density at radius 3 is 2.41 bits per heavy atom. The number of hydrogen-bond acceptors (Lipinski definition) is 4. The van der Waals surface area contributed by atoms with E-state index >= 15 is 0 Å². The van der Waals surface area contributed by atoms with Gasteiger partial charge in [-0.1, -0.05) is 6.42 Å². The van der Waals surface area contributed by atoms with E-state index in [-0.39, 0.29) is 4.90 Å². The zero-order valence-corrected chi connectivity index (χ0v) is 11.2. The molecule has 17 heavy (non-hydrogen) atoms. The molecule has 1 aliphatic rings. The van der Waals surface area contributed by atoms with Gasteiger partial charge in [-0.05, 0) is 31.0 Å². The normalized spacial score (nSPS) is 18.2. The molecule has 0 aliphatic carbocycles. The lowest BCUT2D eigenvalue weighted by molar-refractivity contribution is 0.346. The summed E-state index contributed by atoms with van der Waals surface area (Å²) in [6.07, 6.45) is 2.97. The van der Waals surface area contributed by atoms with E-state index in [0.717, 1.165) is 19.3 Å². The zero-order valence-electron chi connectivity index (χ0n) is 9.46. The highest BCUT2D eigenvalue weighted by Crippen LogP contribution is 2.25. The molecular weight excluding hydrogens is 256 g/mol. The van der Waals surface area contributed by atoms with Crippen LogP contribution in [0.15, 0.2) is 28.0 Å². The fourth-order valence-electron chi connectivity index (χ4n) is 1.94. The van der Waals surface area contributed by atoms with E-state index in [1.165, 1.54) is 10.4 Å². The van der Waals surface area contributed by atoms with Crippen molar-refractivity contribution in [3.8, 4) is 0 Å². The van der Waals surface area contributed by atoms with Crippen LogP contribution < -0.4 is 5.73 Å². The maximum absolute atomic E-state index is 12.3. The minimum Gasteiger partial charge on any atom is -0.398 e. The second-order valence-electron chi connectivity index (χ2n) is 4.19. The molecule has 2 N–H and O–H groups in total. The Morgan fingerprint density at radius 2 is 1.82 bits per heavy atom. The van der Waals surface area contributed by atoms with Crippen molar-refractivity contribution in [1.29, 1.82) is 0 Å². The van der Waals surface area contributed by atoms with Crippen molar-refractivity contribution in [2.75, 3.05) is 18.8 Å². The number of nitrogens with zero attached hydrogens (tertiary/aromatic N) is 1. The van der Waals surface area contributed by atoms with Crippen molar-refractivity contribution < 1.29 is 8.42 Å². The number of thiol groups is 1. The number of anilines is 1. The molecule has 6 heteroatoms. The summed E-state index contributed by atoms with van der Waals surface area (Å²) in [6, 6.07) is 4.64. The number of rotatable bonds is 2. The van der Waals surface area contributed by atoms with E-state index in [1.54, 1.807) is 12.1 Å². The summed E-state index contributed by atoms with van der Waals surface area (Å²) in [5, 5.41) is 0. The van der Waals surface area contributed by atoms with Gasteiger partial charge in [0.25, 0.3) is 0 Å². The van der Waals surface area contributed by atoms with Crippen molar-refractivity contribution >= 4 is 28.3 Å². The van der Waals surface area contributed by atoms with Crippen LogP contribution in [0.25, 0.3) is 0 Å². The lowest BCUT2D eigenvalue weighted by atomic mass is 10.2. The Kier molecular flexibility index (Phi) is 3.65. The van der Waals surface area contributed by atoms with E-state index < -0.39 is 10.0 Å². The first-order valence-corrected chi connectivity index (χ1v) is 7.49. The fourth-order valence-corrected chi connectivity index (χ4v) is 3.78. The highest BCUT2D eigenvalue weighted by Gasteiger charge is 2.25. The van der Waals surface area contributed by atoms with Crippen LogP contribution in [0.4, 0.5) is 5.69 Å². The lowest BCUT2D eigenvalue weighted by Crippen LogP contribution is -2.35. The maximum Gasteiger partial charge on any atom is 0.243 e. The lowest BCUT2D eigenvalue weighted by Gasteiger charge is -2.26. The van der Waals surface area contributed by atoms with Gasteiger partial charge in [-0.25, -0.2) is 8.42 Å². The number of sulfonamides is 1. The Morgan fingerprint density at radius 1 is 1.18 bits per heavy atom. The Bertz CT molecular complexity index is 508. The topological polar surface area (TPSA) is 63.4 Å². The smallest absolute Gasteiger partial charge is 0.243 e. The molecule has 0 amide bonds. The second kappa shape index (κ2) is 4.88. The van der Waals surface area contributed by atoms with Crippen LogP contribution in [0.5, 0.6) is 0 Å². The number of nitrogens with two attached hydrogens (primary N) is 1. The fraction of sp³-hybridized carbons (Fsp3) is 0.455. The van der Waals surface area contributed by atoms with E-state index in [1.807, 2.05) is 0 Å². The summed E-state index contributed by atoms with van der Waals surface area (Å²) in [7, 11) is -3.37. The predicted octanol–water partition coefficient (Wildman–Crippen LogP) is 1.73. The Balaban J connectivity index is 2.33. The molecule has 1 saturated heterocycles. The van der Waals surface area contributed by atoms with Gasteiger partial charge in [0.05, 0.1) is 4.90 Å². The van der Waals surface area contributed by atoms with Gasteiger partial charge in [0.2, 0.25) is 10.0 Å². The third-order valence-electron chi connectivity index (χ3n) is 2.95. The first kappa shape index (κ1) is 12.7. The van der Waals surface area contributed by atoms with Gasteiger partial charge in [-0.3, -0.25) is 0 Å². The zero-order chi connectivity index (χ0) is 12.5. The van der Waals surface area contributed by atoms with E-state index in [9.17, 15) is 8.42 Å². The summed E-state index contributed by atoms with van der Waals surface area (Å²) in [5.41, 5.74) is 6.12. The average molecular weight is 272 g/mol. The molecule has 0 spiro atoms. The van der Waals surface area contributed by atoms with Crippen LogP contribution in [0, 0.1) is 0 Å². The molecule has 0 saturated carbocycles. The standard InChI is InChI=1S/C11H16N2O2S2/c12-10-5-4-9(8-11(10)16)17(14,15)13-6-2-1-3-7-13/h4-5,8,16H,1-3,6-7,12H2. The summed E-state index contributed by atoms with van der Waals surface area (Å²) in [6.45, 7) is 1.21. The van der Waals surface area contributed by atoms with Crippen molar-refractivity contribution in [1.82, 2.24) is 4.31 Å². The quantitative estimate of drug-likeness (QED) is 0.636. The molecule has 4 nitrogen and oxygen atoms in total. The molecule has 0 unspecified atom stereocenters. The molecular formula is C11H16N2O2S2. The third kappa shape index (κ3) is 2.59. The second-order valence-corrected chi connectivity index (χ2v) is 6.61. The summed E-state index contributed by atoms with van der Waals surface area (Å²) in [4.78, 5) is 0.779. The van der Waals surface area contributed by atoms with Crippen LogP contribution in [-0.2, 0) is 10.0 Å². The van der Waals surface area contributed by atoms with Crippen molar-refractivity contribution in [3.63, 3.8) is 0 Å². The summed E-state index contributed by atoms with van der Waals surface area (Å²) in [5.74, 6) is 0. The van der Waals surface area contributed by atoms with Crippen LogP contribution >= 0.6 is 12.6 Å². The minimum atomic E-state index is -3.37. The highest BCUT2D eigenvalue weighted by molar-refractivity contribution is 7.89. The van der Waals surface area contributed by atoms with Gasteiger partial charge >= 0.3 is 0 Å². The Hall–Kier alpha value is -0.720. The average Bonchev–Trinajstić information content (AvgIpc) is 2.33. The van der Waals surface area contributed by atoms with Gasteiger partial charge in [0, 0.05) is 23.7 Å². The number of nitrogen functional groups attached to an aromatic ring is 1. The molecule has 2 rings (SSSR count). The number of benzene rings is 1. The molecule has 1 aliphatic heterocycles. The van der Waals surface area contributed by atoms with Crippen molar-refractivity contribution in [3.05, 3.63) is 18.2 Å². The van der Waals surface area contributed by atoms with Crippen LogP contribution in [0.1, 0.15) is 19.3 Å². The molecule has 1 heterocycles. The van der Waals surface area contributed by atoms with E-state index in [4.69, 9.17) is 5.73 Å². The summed E-state index contributed by atoms with van der Waals surface area (Å²) >= 11 is 4.16. The predicted molar refractivity (Wildman–Crippen MR) is 70.7 cm³/mol. The largest absolute Gasteiger partial charge is 0.398 e. The third-order valence-corrected chi connectivity index (χ3v) is 5.24. The highest BCUT2D eigenvalue weighted by atomic mass is 32.2. The van der Waals surface area contributed by atoms with E-state index in [2.05, 4.69) is 12.6 Å². The van der Waals surface area contributed by atoms with Crippen LogP contribution in [0.2, 0.25) is 0 Å². The van der Waals surface area contributed by atoms with Crippen molar-refractivity contribution in [2.45, 2.75) is 29.1 Å². The van der Waals surface area contributed by atoms with Crippen LogP contribution in [-0.4, -0.2) is 25.8 Å². The van der Waals surface area contributed by atoms with Crippen LogP contribution in [0.3, 0.4) is 0 Å². The summed E-state index contributed by atoms with van der Waals surface area (Å²) < 4.78 is 26.1. The molecule has 0 bridgehead atoms. The van der Waals surface area contributed by atoms with Gasteiger partial charge in [-0.15, -0.1) is 12.6 Å². The monoisotopic (exact) mass is 272 g/mol. The van der Waals surface area contributed by atoms with Crippen molar-refractivity contribution in [2.24, 2.45) is 0 Å². The van der Waals surface area contributed by atoms with Gasteiger partial charge in [0.15, 0.2) is 0 Å². The number of piperidine rings is 1. The van der Waals surface area contributed by atoms with Gasteiger partial charge < -0.3 is 5.73 Å². The molecule has 1 aromatic rings. The molecule has 1 aromatic carbocycles. The van der Waals surface area contributed by atoms with Gasteiger partial charge in [-0.2, -0.15) is 4.31 Å². The molecule has 0 radical (unpaired) electrons. The van der Waals surface area contributed by atoms with Gasteiger partial charge in [0.1, 0.15) is 0 Å².